The minimum atomic E-state index is -1.49. The molecule has 3 aliphatic rings. The Morgan fingerprint density at radius 2 is 1.82 bits per heavy atom. The van der Waals surface area contributed by atoms with Crippen LogP contribution in [-0.4, -0.2) is 34.7 Å². The van der Waals surface area contributed by atoms with Crippen LogP contribution in [0.15, 0.2) is 0 Å². The van der Waals surface area contributed by atoms with Gasteiger partial charge in [0.25, 0.3) is 0 Å². The molecule has 94 valence electrons. The number of aliphatic hydroxyl groups is 1. The zero-order valence-electron chi connectivity index (χ0n) is 9.50. The molecular weight excluding hydrogens is 222 g/mol. The molecule has 5 atom stereocenters. The SMILES string of the molecule is O=C(O)C(O)CNC(=O)C1C2C3CCC(C3)C12. The summed E-state index contributed by atoms with van der Waals surface area (Å²) < 4.78 is 0. The minimum Gasteiger partial charge on any atom is -0.479 e. The van der Waals surface area contributed by atoms with E-state index >= 15 is 0 Å². The van der Waals surface area contributed by atoms with Gasteiger partial charge in [0.05, 0.1) is 6.54 Å². The number of aliphatic carboxylic acids is 1. The van der Waals surface area contributed by atoms with Crippen molar-refractivity contribution in [1.29, 1.82) is 0 Å². The molecule has 3 N–H and O–H groups in total. The summed E-state index contributed by atoms with van der Waals surface area (Å²) in [5.41, 5.74) is 0. The summed E-state index contributed by atoms with van der Waals surface area (Å²) in [7, 11) is 0. The van der Waals surface area contributed by atoms with Crippen LogP contribution in [0.25, 0.3) is 0 Å². The number of rotatable bonds is 4. The number of carbonyl (C=O) groups is 2. The highest BCUT2D eigenvalue weighted by molar-refractivity contribution is 5.83. The van der Waals surface area contributed by atoms with Crippen LogP contribution in [0.3, 0.4) is 0 Å². The van der Waals surface area contributed by atoms with Gasteiger partial charge in [0.2, 0.25) is 5.91 Å². The Balaban J connectivity index is 1.51. The topological polar surface area (TPSA) is 86.6 Å². The monoisotopic (exact) mass is 239 g/mol. The molecule has 0 aliphatic heterocycles. The van der Waals surface area contributed by atoms with Crippen LogP contribution in [0.4, 0.5) is 0 Å². The van der Waals surface area contributed by atoms with E-state index in [1.807, 2.05) is 0 Å². The summed E-state index contributed by atoms with van der Waals surface area (Å²) in [6.07, 6.45) is 2.31. The van der Waals surface area contributed by atoms with Gasteiger partial charge in [0, 0.05) is 5.92 Å². The second-order valence-electron chi connectivity index (χ2n) is 5.61. The third-order valence-corrected chi connectivity index (χ3v) is 4.79. The van der Waals surface area contributed by atoms with Gasteiger partial charge in [-0.2, -0.15) is 0 Å². The van der Waals surface area contributed by atoms with Crippen LogP contribution < -0.4 is 5.32 Å². The first kappa shape index (κ1) is 11.0. The Hall–Kier alpha value is -1.10. The fraction of sp³-hybridized carbons (Fsp3) is 0.833. The van der Waals surface area contributed by atoms with Crippen molar-refractivity contribution in [3.63, 3.8) is 0 Å². The second kappa shape index (κ2) is 3.70. The molecule has 0 aromatic rings. The van der Waals surface area contributed by atoms with Gasteiger partial charge in [-0.25, -0.2) is 4.79 Å². The summed E-state index contributed by atoms with van der Waals surface area (Å²) in [5.74, 6) is 1.31. The maximum atomic E-state index is 11.8. The predicted molar refractivity (Wildman–Crippen MR) is 58.0 cm³/mol. The molecule has 5 unspecified atom stereocenters. The smallest absolute Gasteiger partial charge is 0.334 e. The van der Waals surface area contributed by atoms with Gasteiger partial charge in [-0.3, -0.25) is 4.79 Å². The first-order valence-corrected chi connectivity index (χ1v) is 6.28. The molecule has 17 heavy (non-hydrogen) atoms. The Labute approximate surface area is 99.2 Å². The number of aliphatic hydroxyl groups excluding tert-OH is 1. The van der Waals surface area contributed by atoms with E-state index in [0.717, 1.165) is 11.8 Å². The summed E-state index contributed by atoms with van der Waals surface area (Å²) in [4.78, 5) is 22.3. The number of amides is 1. The van der Waals surface area contributed by atoms with Gasteiger partial charge in [0.1, 0.15) is 0 Å². The van der Waals surface area contributed by atoms with E-state index in [-0.39, 0.29) is 18.4 Å². The normalized spacial score (nSPS) is 43.0. The Morgan fingerprint density at radius 1 is 1.24 bits per heavy atom. The van der Waals surface area contributed by atoms with Gasteiger partial charge in [-0.15, -0.1) is 0 Å². The lowest BCUT2D eigenvalue weighted by molar-refractivity contribution is -0.146. The van der Waals surface area contributed by atoms with E-state index < -0.39 is 12.1 Å². The Morgan fingerprint density at radius 3 is 2.35 bits per heavy atom. The van der Waals surface area contributed by atoms with Gasteiger partial charge in [-0.1, -0.05) is 0 Å². The molecule has 0 radical (unpaired) electrons. The van der Waals surface area contributed by atoms with Crippen LogP contribution >= 0.6 is 0 Å². The van der Waals surface area contributed by atoms with Crippen molar-refractivity contribution < 1.29 is 19.8 Å². The molecule has 0 saturated heterocycles. The van der Waals surface area contributed by atoms with Crippen LogP contribution in [-0.2, 0) is 9.59 Å². The number of nitrogens with one attached hydrogen (secondary N) is 1. The maximum Gasteiger partial charge on any atom is 0.334 e. The van der Waals surface area contributed by atoms with Gasteiger partial charge in [-0.05, 0) is 42.9 Å². The molecule has 0 spiro atoms. The Kier molecular flexibility index (Phi) is 2.40. The molecule has 5 heteroatoms. The number of hydrogen-bond acceptors (Lipinski definition) is 3. The molecule has 5 nitrogen and oxygen atoms in total. The van der Waals surface area contributed by atoms with E-state index in [0.29, 0.717) is 11.8 Å². The van der Waals surface area contributed by atoms with Crippen molar-refractivity contribution in [3.05, 3.63) is 0 Å². The third kappa shape index (κ3) is 1.64. The van der Waals surface area contributed by atoms with Crippen LogP contribution in [0, 0.1) is 29.6 Å². The quantitative estimate of drug-likeness (QED) is 0.636. The second-order valence-corrected chi connectivity index (χ2v) is 5.61. The predicted octanol–water partition coefficient (Wildman–Crippen LogP) is -0.160. The number of hydrogen-bond donors (Lipinski definition) is 3. The summed E-state index contributed by atoms with van der Waals surface area (Å²) >= 11 is 0. The lowest BCUT2D eigenvalue weighted by Crippen LogP contribution is -2.38. The third-order valence-electron chi connectivity index (χ3n) is 4.79. The average Bonchev–Trinajstić information content (AvgIpc) is 2.74. The summed E-state index contributed by atoms with van der Waals surface area (Å²) in [6.45, 7) is -0.181. The average molecular weight is 239 g/mol. The van der Waals surface area contributed by atoms with Crippen LogP contribution in [0.1, 0.15) is 19.3 Å². The van der Waals surface area contributed by atoms with E-state index in [1.54, 1.807) is 0 Å². The first-order chi connectivity index (χ1) is 8.09. The maximum absolute atomic E-state index is 11.8. The molecule has 3 aliphatic carbocycles. The molecule has 2 bridgehead atoms. The number of carbonyl (C=O) groups excluding carboxylic acids is 1. The highest BCUT2D eigenvalue weighted by Crippen LogP contribution is 2.69. The first-order valence-electron chi connectivity index (χ1n) is 6.28. The lowest BCUT2D eigenvalue weighted by Gasteiger charge is -2.10. The molecular formula is C12H17NO4. The van der Waals surface area contributed by atoms with E-state index in [2.05, 4.69) is 5.32 Å². The standard InChI is InChI=1S/C12H17NO4/c14-7(12(16)17)4-13-11(15)10-8-5-1-2-6(3-5)9(8)10/h5-10,14H,1-4H2,(H,13,15)(H,16,17). The van der Waals surface area contributed by atoms with Crippen molar-refractivity contribution >= 4 is 11.9 Å². The van der Waals surface area contributed by atoms with Crippen molar-refractivity contribution in [2.45, 2.75) is 25.4 Å². The van der Waals surface area contributed by atoms with Crippen molar-refractivity contribution in [2.75, 3.05) is 6.54 Å². The van der Waals surface area contributed by atoms with Gasteiger partial charge < -0.3 is 15.5 Å². The summed E-state index contributed by atoms with van der Waals surface area (Å²) in [6, 6.07) is 0. The number of carboxylic acid groups (broad SMARTS) is 1. The summed E-state index contributed by atoms with van der Waals surface area (Å²) in [5, 5.41) is 20.1. The zero-order chi connectivity index (χ0) is 12.2. The molecule has 3 rings (SSSR count). The van der Waals surface area contributed by atoms with Crippen LogP contribution in [0.5, 0.6) is 0 Å². The highest BCUT2D eigenvalue weighted by Gasteiger charge is 2.67. The molecule has 1 amide bonds. The number of carboxylic acids is 1. The van der Waals surface area contributed by atoms with E-state index in [9.17, 15) is 9.59 Å². The van der Waals surface area contributed by atoms with Gasteiger partial charge >= 0.3 is 5.97 Å². The molecule has 3 fully saturated rings. The fourth-order valence-electron chi connectivity index (χ4n) is 4.08. The zero-order valence-corrected chi connectivity index (χ0v) is 9.50. The highest BCUT2D eigenvalue weighted by atomic mass is 16.4. The van der Waals surface area contributed by atoms with E-state index in [1.165, 1.54) is 19.3 Å². The molecule has 0 heterocycles. The largest absolute Gasteiger partial charge is 0.479 e. The van der Waals surface area contributed by atoms with Crippen molar-refractivity contribution in [1.82, 2.24) is 5.32 Å². The molecule has 0 aromatic carbocycles. The Bertz CT molecular complexity index is 354. The van der Waals surface area contributed by atoms with Crippen molar-refractivity contribution in [3.8, 4) is 0 Å². The van der Waals surface area contributed by atoms with Crippen molar-refractivity contribution in [2.24, 2.45) is 29.6 Å². The number of fused-ring (bicyclic) bond motifs is 5. The molecule has 0 aromatic heterocycles. The van der Waals surface area contributed by atoms with Gasteiger partial charge in [0.15, 0.2) is 6.10 Å². The van der Waals surface area contributed by atoms with Crippen LogP contribution in [0.2, 0.25) is 0 Å². The molecule has 3 saturated carbocycles. The fourth-order valence-corrected chi connectivity index (χ4v) is 4.08. The van der Waals surface area contributed by atoms with E-state index in [4.69, 9.17) is 10.2 Å². The lowest BCUT2D eigenvalue weighted by atomic mass is 10.0. The minimum absolute atomic E-state index is 0.0584.